The highest BCUT2D eigenvalue weighted by molar-refractivity contribution is 9.10. The Balaban J connectivity index is 2.28. The second-order valence-corrected chi connectivity index (χ2v) is 6.14. The van der Waals surface area contributed by atoms with Gasteiger partial charge in [0.15, 0.2) is 0 Å². The molecule has 0 spiro atoms. The minimum atomic E-state index is -0.440. The average Bonchev–Trinajstić information content (AvgIpc) is 2.91. The van der Waals surface area contributed by atoms with Crippen LogP contribution < -0.4 is 15.4 Å². The van der Waals surface area contributed by atoms with E-state index in [1.807, 2.05) is 26.0 Å². The van der Waals surface area contributed by atoms with E-state index in [9.17, 15) is 4.79 Å². The second-order valence-electron chi connectivity index (χ2n) is 5.22. The molecule has 4 nitrogen and oxygen atoms in total. The van der Waals surface area contributed by atoms with Crippen molar-refractivity contribution < 1.29 is 9.53 Å². The van der Waals surface area contributed by atoms with Gasteiger partial charge in [-0.2, -0.15) is 0 Å². The Labute approximate surface area is 128 Å². The predicted octanol–water partition coefficient (Wildman–Crippen LogP) is 3.24. The Hall–Kier alpha value is -1.07. The summed E-state index contributed by atoms with van der Waals surface area (Å²) in [5.41, 5.74) is 1.29. The molecule has 0 bridgehead atoms. The summed E-state index contributed by atoms with van der Waals surface area (Å²) in [5.74, 6) is 0.704. The number of benzene rings is 1. The molecule has 1 aromatic carbocycles. The molecular weight excluding hydrogens is 320 g/mol. The zero-order chi connectivity index (χ0) is 14.8. The summed E-state index contributed by atoms with van der Waals surface area (Å²) in [4.78, 5) is 12.6. The summed E-state index contributed by atoms with van der Waals surface area (Å²) in [6.45, 7) is 4.91. The summed E-state index contributed by atoms with van der Waals surface area (Å²) < 4.78 is 6.31. The van der Waals surface area contributed by atoms with Crippen molar-refractivity contribution in [2.45, 2.75) is 38.6 Å². The van der Waals surface area contributed by atoms with Gasteiger partial charge >= 0.3 is 0 Å². The van der Waals surface area contributed by atoms with Gasteiger partial charge in [0, 0.05) is 4.47 Å². The maximum atomic E-state index is 12.6. The van der Waals surface area contributed by atoms with E-state index in [-0.39, 0.29) is 5.91 Å². The third-order valence-electron chi connectivity index (χ3n) is 4.00. The predicted molar refractivity (Wildman–Crippen MR) is 84.3 cm³/mol. The topological polar surface area (TPSA) is 50.4 Å². The molecule has 5 heteroatoms. The summed E-state index contributed by atoms with van der Waals surface area (Å²) in [5, 5.41) is 6.39. The summed E-state index contributed by atoms with van der Waals surface area (Å²) in [6, 6.07) is 3.84. The molecule has 0 saturated carbocycles. The SMILES string of the molecule is CCC1(C(=O)Nc2c(C)cc(Br)cc2OC)CCCN1. The van der Waals surface area contributed by atoms with Crippen LogP contribution in [0.15, 0.2) is 16.6 Å². The highest BCUT2D eigenvalue weighted by atomic mass is 79.9. The molecule has 1 aliphatic rings. The molecule has 1 aromatic rings. The Bertz CT molecular complexity index is 511. The van der Waals surface area contributed by atoms with Crippen molar-refractivity contribution in [3.8, 4) is 5.75 Å². The van der Waals surface area contributed by atoms with Crippen LogP contribution in [0.1, 0.15) is 31.7 Å². The molecule has 0 aliphatic carbocycles. The molecule has 1 amide bonds. The van der Waals surface area contributed by atoms with Crippen LogP contribution in [0.5, 0.6) is 5.75 Å². The number of halogens is 1. The Morgan fingerprint density at radius 2 is 2.30 bits per heavy atom. The highest BCUT2D eigenvalue weighted by Crippen LogP contribution is 2.34. The first kappa shape index (κ1) is 15.3. The van der Waals surface area contributed by atoms with Gasteiger partial charge in [-0.1, -0.05) is 22.9 Å². The molecule has 0 aromatic heterocycles. The van der Waals surface area contributed by atoms with Crippen LogP contribution in [0, 0.1) is 6.92 Å². The Kier molecular flexibility index (Phi) is 4.70. The fourth-order valence-electron chi connectivity index (χ4n) is 2.73. The third kappa shape index (κ3) is 2.83. The zero-order valence-corrected chi connectivity index (χ0v) is 13.8. The molecule has 1 aliphatic heterocycles. The smallest absolute Gasteiger partial charge is 0.244 e. The van der Waals surface area contributed by atoms with Gasteiger partial charge in [-0.3, -0.25) is 4.79 Å². The lowest BCUT2D eigenvalue weighted by atomic mass is 9.93. The minimum absolute atomic E-state index is 0.0289. The molecule has 0 radical (unpaired) electrons. The monoisotopic (exact) mass is 340 g/mol. The first-order chi connectivity index (χ1) is 9.52. The summed E-state index contributed by atoms with van der Waals surface area (Å²) in [7, 11) is 1.61. The van der Waals surface area contributed by atoms with Gasteiger partial charge in [-0.15, -0.1) is 0 Å². The average molecular weight is 341 g/mol. The summed E-state index contributed by atoms with van der Waals surface area (Å²) >= 11 is 3.44. The molecule has 1 atom stereocenters. The second kappa shape index (κ2) is 6.14. The van der Waals surface area contributed by atoms with Crippen molar-refractivity contribution in [2.24, 2.45) is 0 Å². The summed E-state index contributed by atoms with van der Waals surface area (Å²) in [6.07, 6.45) is 2.71. The highest BCUT2D eigenvalue weighted by Gasteiger charge is 2.39. The van der Waals surface area contributed by atoms with E-state index >= 15 is 0 Å². The number of ether oxygens (including phenoxy) is 1. The fraction of sp³-hybridized carbons (Fsp3) is 0.533. The largest absolute Gasteiger partial charge is 0.495 e. The van der Waals surface area contributed by atoms with Gasteiger partial charge in [-0.05, 0) is 50.4 Å². The molecular formula is C15H21BrN2O2. The number of amides is 1. The number of carbonyl (C=O) groups excluding carboxylic acids is 1. The molecule has 2 N–H and O–H groups in total. The normalized spacial score (nSPS) is 21.8. The van der Waals surface area contributed by atoms with Gasteiger partial charge in [-0.25, -0.2) is 0 Å². The van der Waals surface area contributed by atoms with Gasteiger partial charge < -0.3 is 15.4 Å². The van der Waals surface area contributed by atoms with E-state index in [1.165, 1.54) is 0 Å². The quantitative estimate of drug-likeness (QED) is 0.884. The fourth-order valence-corrected chi connectivity index (χ4v) is 3.28. The van der Waals surface area contributed by atoms with Crippen molar-refractivity contribution in [1.82, 2.24) is 5.32 Å². The number of carbonyl (C=O) groups is 1. The number of methoxy groups -OCH3 is 1. The molecule has 1 fully saturated rings. The lowest BCUT2D eigenvalue weighted by Gasteiger charge is -2.27. The number of hydrogen-bond donors (Lipinski definition) is 2. The third-order valence-corrected chi connectivity index (χ3v) is 4.46. The maximum absolute atomic E-state index is 12.6. The van der Waals surface area contributed by atoms with E-state index in [0.717, 1.165) is 41.5 Å². The van der Waals surface area contributed by atoms with Gasteiger partial charge in [0.05, 0.1) is 18.3 Å². The lowest BCUT2D eigenvalue weighted by Crippen LogP contribution is -2.50. The Morgan fingerprint density at radius 3 is 2.85 bits per heavy atom. The van der Waals surface area contributed by atoms with E-state index in [0.29, 0.717) is 5.75 Å². The van der Waals surface area contributed by atoms with E-state index in [1.54, 1.807) is 7.11 Å². The maximum Gasteiger partial charge on any atom is 0.244 e. The van der Waals surface area contributed by atoms with Crippen molar-refractivity contribution in [2.75, 3.05) is 19.0 Å². The van der Waals surface area contributed by atoms with E-state index < -0.39 is 5.54 Å². The number of hydrogen-bond acceptors (Lipinski definition) is 3. The molecule has 1 saturated heterocycles. The van der Waals surface area contributed by atoms with Crippen molar-refractivity contribution >= 4 is 27.5 Å². The van der Waals surface area contributed by atoms with Crippen molar-refractivity contribution in [3.63, 3.8) is 0 Å². The van der Waals surface area contributed by atoms with Gasteiger partial charge in [0.2, 0.25) is 5.91 Å². The van der Waals surface area contributed by atoms with Crippen LogP contribution in [0.25, 0.3) is 0 Å². The van der Waals surface area contributed by atoms with E-state index in [2.05, 4.69) is 26.6 Å². The standard InChI is InChI=1S/C15H21BrN2O2/c1-4-15(6-5-7-17-15)14(19)18-13-10(2)8-11(16)9-12(13)20-3/h8-9,17H,4-7H2,1-3H3,(H,18,19). The number of anilines is 1. The van der Waals surface area contributed by atoms with Crippen LogP contribution >= 0.6 is 15.9 Å². The Morgan fingerprint density at radius 1 is 1.55 bits per heavy atom. The van der Waals surface area contributed by atoms with Crippen LogP contribution in [-0.4, -0.2) is 25.1 Å². The van der Waals surface area contributed by atoms with Crippen LogP contribution in [-0.2, 0) is 4.79 Å². The molecule has 2 rings (SSSR count). The first-order valence-corrected chi connectivity index (χ1v) is 7.72. The number of rotatable bonds is 4. The van der Waals surface area contributed by atoms with Crippen LogP contribution in [0.4, 0.5) is 5.69 Å². The van der Waals surface area contributed by atoms with Crippen LogP contribution in [0.2, 0.25) is 0 Å². The number of nitrogens with one attached hydrogen (secondary N) is 2. The molecule has 1 unspecified atom stereocenters. The molecule has 110 valence electrons. The van der Waals surface area contributed by atoms with Crippen molar-refractivity contribution in [1.29, 1.82) is 0 Å². The zero-order valence-electron chi connectivity index (χ0n) is 12.2. The van der Waals surface area contributed by atoms with E-state index in [4.69, 9.17) is 4.74 Å². The van der Waals surface area contributed by atoms with Crippen molar-refractivity contribution in [3.05, 3.63) is 22.2 Å². The van der Waals surface area contributed by atoms with Gasteiger partial charge in [0.25, 0.3) is 0 Å². The first-order valence-electron chi connectivity index (χ1n) is 6.93. The minimum Gasteiger partial charge on any atom is -0.495 e. The molecule has 1 heterocycles. The van der Waals surface area contributed by atoms with Crippen LogP contribution in [0.3, 0.4) is 0 Å². The number of aryl methyl sites for hydroxylation is 1. The molecule has 20 heavy (non-hydrogen) atoms. The van der Waals surface area contributed by atoms with Gasteiger partial charge in [0.1, 0.15) is 5.75 Å². The lowest BCUT2D eigenvalue weighted by molar-refractivity contribution is -0.122.